The highest BCUT2D eigenvalue weighted by Gasteiger charge is 2.44. The number of thioether (sulfide) groups is 1. The number of rotatable bonds is 7. The van der Waals surface area contributed by atoms with E-state index in [1.807, 2.05) is 49.4 Å². The van der Waals surface area contributed by atoms with Crippen molar-refractivity contribution in [1.82, 2.24) is 10.6 Å². The SMILES string of the molecule is COC(=O)[C@H]1C(=O)NC(SCC(=O)NCc2ccccc2)=C(C#N)[C@H]1c1ccc(C)cc1. The first-order valence-corrected chi connectivity index (χ1v) is 11.0. The average Bonchev–Trinajstić information content (AvgIpc) is 2.81. The van der Waals surface area contributed by atoms with E-state index in [0.29, 0.717) is 12.1 Å². The molecule has 164 valence electrons. The van der Waals surface area contributed by atoms with E-state index in [0.717, 1.165) is 22.9 Å². The number of methoxy groups -OCH3 is 1. The van der Waals surface area contributed by atoms with E-state index < -0.39 is 23.7 Å². The molecule has 2 aromatic rings. The van der Waals surface area contributed by atoms with Gasteiger partial charge in [-0.05, 0) is 18.1 Å². The molecule has 0 radical (unpaired) electrons. The Bertz CT molecular complexity index is 1070. The van der Waals surface area contributed by atoms with E-state index in [-0.39, 0.29) is 22.3 Å². The standard InChI is InChI=1S/C24H23N3O4S/c1-15-8-10-17(11-9-15)20-18(12-25)23(27-22(29)21(20)24(30)31-2)32-14-19(28)26-13-16-6-4-3-5-7-16/h3-11,20-21H,13-14H2,1-2H3,(H,26,28)(H,27,29)/t20-,21-/m1/s1. The van der Waals surface area contributed by atoms with E-state index in [4.69, 9.17) is 4.74 Å². The van der Waals surface area contributed by atoms with Crippen LogP contribution in [0.5, 0.6) is 0 Å². The average molecular weight is 450 g/mol. The molecule has 1 aliphatic rings. The molecule has 0 spiro atoms. The number of nitrogens with zero attached hydrogens (tertiary/aromatic N) is 1. The highest BCUT2D eigenvalue weighted by atomic mass is 32.2. The number of carbonyl (C=O) groups excluding carboxylic acids is 3. The van der Waals surface area contributed by atoms with Crippen molar-refractivity contribution in [2.75, 3.05) is 12.9 Å². The minimum absolute atomic E-state index is 0.0110. The van der Waals surface area contributed by atoms with E-state index in [9.17, 15) is 19.6 Å². The molecule has 8 heteroatoms. The van der Waals surface area contributed by atoms with Crippen molar-refractivity contribution in [1.29, 1.82) is 5.26 Å². The van der Waals surface area contributed by atoms with Gasteiger partial charge in [-0.1, -0.05) is 71.9 Å². The Morgan fingerprint density at radius 1 is 1.16 bits per heavy atom. The summed E-state index contributed by atoms with van der Waals surface area (Å²) in [4.78, 5) is 37.5. The van der Waals surface area contributed by atoms with Crippen molar-refractivity contribution in [3.05, 3.63) is 81.9 Å². The van der Waals surface area contributed by atoms with Crippen LogP contribution < -0.4 is 10.6 Å². The Labute approximate surface area is 190 Å². The van der Waals surface area contributed by atoms with Crippen LogP contribution in [0.25, 0.3) is 0 Å². The van der Waals surface area contributed by atoms with Gasteiger partial charge in [0.15, 0.2) is 0 Å². The van der Waals surface area contributed by atoms with Gasteiger partial charge < -0.3 is 15.4 Å². The monoisotopic (exact) mass is 449 g/mol. The molecule has 0 fully saturated rings. The number of carbonyl (C=O) groups is 3. The summed E-state index contributed by atoms with van der Waals surface area (Å²) >= 11 is 1.06. The molecule has 7 nitrogen and oxygen atoms in total. The third kappa shape index (κ3) is 5.37. The summed E-state index contributed by atoms with van der Waals surface area (Å²) in [6, 6.07) is 18.9. The lowest BCUT2D eigenvalue weighted by molar-refractivity contribution is -0.150. The molecule has 2 atom stereocenters. The fourth-order valence-corrected chi connectivity index (χ4v) is 4.32. The van der Waals surface area contributed by atoms with Gasteiger partial charge in [-0.3, -0.25) is 14.4 Å². The van der Waals surface area contributed by atoms with Gasteiger partial charge in [-0.2, -0.15) is 5.26 Å². The molecule has 0 unspecified atom stereocenters. The van der Waals surface area contributed by atoms with Crippen molar-refractivity contribution < 1.29 is 19.1 Å². The maximum absolute atomic E-state index is 12.8. The Kier molecular flexibility index (Phi) is 7.68. The Balaban J connectivity index is 1.82. The Morgan fingerprint density at radius 3 is 2.47 bits per heavy atom. The first kappa shape index (κ1) is 23.1. The topological polar surface area (TPSA) is 108 Å². The van der Waals surface area contributed by atoms with E-state index >= 15 is 0 Å². The zero-order valence-corrected chi connectivity index (χ0v) is 18.6. The van der Waals surface area contributed by atoms with Crippen LogP contribution in [0, 0.1) is 24.2 Å². The number of nitriles is 1. The van der Waals surface area contributed by atoms with Crippen molar-refractivity contribution >= 4 is 29.5 Å². The van der Waals surface area contributed by atoms with Crippen LogP contribution in [0.3, 0.4) is 0 Å². The lowest BCUT2D eigenvalue weighted by Crippen LogP contribution is -2.44. The van der Waals surface area contributed by atoms with E-state index in [2.05, 4.69) is 16.7 Å². The quantitative estimate of drug-likeness (QED) is 0.497. The molecule has 2 aromatic carbocycles. The number of hydrogen-bond acceptors (Lipinski definition) is 6. The molecular formula is C24H23N3O4S. The number of esters is 1. The predicted molar refractivity (Wildman–Crippen MR) is 121 cm³/mol. The number of aryl methyl sites for hydroxylation is 1. The van der Waals surface area contributed by atoms with Gasteiger partial charge in [-0.25, -0.2) is 0 Å². The first-order valence-electron chi connectivity index (χ1n) is 9.97. The molecule has 0 aromatic heterocycles. The van der Waals surface area contributed by atoms with E-state index in [1.165, 1.54) is 7.11 Å². The summed E-state index contributed by atoms with van der Waals surface area (Å²) in [7, 11) is 1.21. The fraction of sp³-hybridized carbons (Fsp3) is 0.250. The Hall–Kier alpha value is -3.57. The molecule has 2 N–H and O–H groups in total. The summed E-state index contributed by atoms with van der Waals surface area (Å²) in [5.41, 5.74) is 2.86. The van der Waals surface area contributed by atoms with Gasteiger partial charge in [0, 0.05) is 12.5 Å². The number of amides is 2. The summed E-state index contributed by atoms with van der Waals surface area (Å²) < 4.78 is 4.83. The highest BCUT2D eigenvalue weighted by Crippen LogP contribution is 2.40. The molecule has 3 rings (SSSR count). The minimum Gasteiger partial charge on any atom is -0.468 e. The molecule has 0 saturated heterocycles. The predicted octanol–water partition coefficient (Wildman–Crippen LogP) is 2.78. The van der Waals surface area contributed by atoms with Gasteiger partial charge in [-0.15, -0.1) is 0 Å². The van der Waals surface area contributed by atoms with Gasteiger partial charge >= 0.3 is 5.97 Å². The fourth-order valence-electron chi connectivity index (χ4n) is 3.44. The molecule has 1 heterocycles. The molecule has 1 aliphatic heterocycles. The second-order valence-electron chi connectivity index (χ2n) is 7.28. The second-order valence-corrected chi connectivity index (χ2v) is 8.27. The minimum atomic E-state index is -1.19. The second kappa shape index (κ2) is 10.6. The van der Waals surface area contributed by atoms with Crippen molar-refractivity contribution in [3.8, 4) is 6.07 Å². The molecule has 2 amide bonds. The number of nitrogens with one attached hydrogen (secondary N) is 2. The van der Waals surface area contributed by atoms with E-state index in [1.54, 1.807) is 12.1 Å². The third-order valence-electron chi connectivity index (χ3n) is 5.10. The smallest absolute Gasteiger partial charge is 0.319 e. The van der Waals surface area contributed by atoms with Crippen LogP contribution >= 0.6 is 11.8 Å². The molecular weight excluding hydrogens is 426 g/mol. The van der Waals surface area contributed by atoms with Crippen LogP contribution in [0.15, 0.2) is 65.2 Å². The molecule has 0 aliphatic carbocycles. The van der Waals surface area contributed by atoms with Crippen LogP contribution in [-0.2, 0) is 25.7 Å². The molecule has 0 bridgehead atoms. The normalized spacial score (nSPS) is 17.8. The van der Waals surface area contributed by atoms with Crippen LogP contribution in [0.2, 0.25) is 0 Å². The zero-order valence-electron chi connectivity index (χ0n) is 17.8. The summed E-state index contributed by atoms with van der Waals surface area (Å²) in [5.74, 6) is -3.49. The maximum atomic E-state index is 12.8. The van der Waals surface area contributed by atoms with Crippen LogP contribution in [0.1, 0.15) is 22.6 Å². The van der Waals surface area contributed by atoms with Gasteiger partial charge in [0.1, 0.15) is 5.92 Å². The van der Waals surface area contributed by atoms with Gasteiger partial charge in [0.25, 0.3) is 0 Å². The summed E-state index contributed by atoms with van der Waals surface area (Å²) in [6.45, 7) is 2.30. The van der Waals surface area contributed by atoms with Crippen molar-refractivity contribution in [3.63, 3.8) is 0 Å². The summed E-state index contributed by atoms with van der Waals surface area (Å²) in [6.07, 6.45) is 0. The first-order chi connectivity index (χ1) is 15.4. The van der Waals surface area contributed by atoms with Crippen molar-refractivity contribution in [2.45, 2.75) is 19.4 Å². The van der Waals surface area contributed by atoms with Gasteiger partial charge in [0.05, 0.1) is 29.5 Å². The van der Waals surface area contributed by atoms with Crippen molar-refractivity contribution in [2.24, 2.45) is 5.92 Å². The number of allylic oxidation sites excluding steroid dienone is 1. The third-order valence-corrected chi connectivity index (χ3v) is 6.12. The molecule has 0 saturated carbocycles. The number of benzene rings is 2. The largest absolute Gasteiger partial charge is 0.468 e. The highest BCUT2D eigenvalue weighted by molar-refractivity contribution is 8.03. The molecule has 32 heavy (non-hydrogen) atoms. The Morgan fingerprint density at radius 2 is 1.84 bits per heavy atom. The lowest BCUT2D eigenvalue weighted by atomic mass is 9.78. The zero-order chi connectivity index (χ0) is 23.1. The summed E-state index contributed by atoms with van der Waals surface area (Å²) in [5, 5.41) is 15.6. The van der Waals surface area contributed by atoms with Gasteiger partial charge in [0.2, 0.25) is 11.8 Å². The number of hydrogen-bond donors (Lipinski definition) is 2. The maximum Gasteiger partial charge on any atom is 0.319 e. The van der Waals surface area contributed by atoms with Crippen LogP contribution in [0.4, 0.5) is 0 Å². The lowest BCUT2D eigenvalue weighted by Gasteiger charge is -2.31. The van der Waals surface area contributed by atoms with Crippen LogP contribution in [-0.4, -0.2) is 30.6 Å². The number of ether oxygens (including phenoxy) is 1.